The summed E-state index contributed by atoms with van der Waals surface area (Å²) in [6.45, 7) is 3.14. The van der Waals surface area contributed by atoms with Crippen LogP contribution < -0.4 is 5.32 Å². The van der Waals surface area contributed by atoms with Gasteiger partial charge in [0.15, 0.2) is 0 Å². The lowest BCUT2D eigenvalue weighted by molar-refractivity contribution is -0.122. The van der Waals surface area contributed by atoms with Gasteiger partial charge in [-0.2, -0.15) is 12.6 Å². The summed E-state index contributed by atoms with van der Waals surface area (Å²) in [5.74, 6) is 1.09. The van der Waals surface area contributed by atoms with Gasteiger partial charge in [0, 0.05) is 13.0 Å². The fourth-order valence-electron chi connectivity index (χ4n) is 2.24. The number of carbonyl (C=O) groups excluding carboxylic acids is 1. The highest BCUT2D eigenvalue weighted by Gasteiger charge is 2.43. The summed E-state index contributed by atoms with van der Waals surface area (Å²) in [6, 6.07) is 0. The quantitative estimate of drug-likeness (QED) is 0.694. The van der Waals surface area contributed by atoms with Crippen LogP contribution in [0.5, 0.6) is 0 Å². The molecule has 0 radical (unpaired) electrons. The van der Waals surface area contributed by atoms with Gasteiger partial charge in [0.05, 0.1) is 0 Å². The zero-order valence-corrected chi connectivity index (χ0v) is 10.4. The summed E-state index contributed by atoms with van der Waals surface area (Å²) < 4.78 is 0. The maximum Gasteiger partial charge on any atom is 0.220 e. The minimum atomic E-state index is 0.231. The molecule has 0 aliphatic heterocycles. The maximum absolute atomic E-state index is 11.7. The monoisotopic (exact) mass is 227 g/mol. The Bertz CT molecular complexity index is 256. The number of hydrogen-bond donors (Lipinski definition) is 2. The molecule has 0 unspecified atom stereocenters. The first kappa shape index (κ1) is 11.3. The third-order valence-corrected chi connectivity index (χ3v) is 4.77. The Morgan fingerprint density at radius 3 is 2.40 bits per heavy atom. The van der Waals surface area contributed by atoms with E-state index in [0.717, 1.165) is 12.3 Å². The molecule has 2 fully saturated rings. The second kappa shape index (κ2) is 4.00. The molecule has 0 aromatic heterocycles. The Morgan fingerprint density at radius 1 is 1.33 bits per heavy atom. The molecule has 0 saturated heterocycles. The number of hydrogen-bond acceptors (Lipinski definition) is 2. The summed E-state index contributed by atoms with van der Waals surface area (Å²) in [5.41, 5.74) is 0.654. The van der Waals surface area contributed by atoms with Crippen LogP contribution in [-0.4, -0.2) is 18.2 Å². The van der Waals surface area contributed by atoms with Crippen molar-refractivity contribution in [2.45, 2.75) is 45.4 Å². The van der Waals surface area contributed by atoms with E-state index in [4.69, 9.17) is 0 Å². The number of thiol groups is 1. The molecule has 2 aliphatic rings. The van der Waals surface area contributed by atoms with Gasteiger partial charge in [-0.3, -0.25) is 4.79 Å². The van der Waals surface area contributed by atoms with E-state index < -0.39 is 0 Å². The minimum Gasteiger partial charge on any atom is -0.356 e. The Balaban J connectivity index is 1.69. The van der Waals surface area contributed by atoms with Crippen LogP contribution in [0.3, 0.4) is 0 Å². The van der Waals surface area contributed by atoms with Gasteiger partial charge in [0.2, 0.25) is 5.91 Å². The first-order valence-corrected chi connectivity index (χ1v) is 6.58. The Hall–Kier alpha value is -0.180. The molecule has 0 aromatic rings. The fourth-order valence-corrected chi connectivity index (χ4v) is 2.67. The molecule has 0 atom stereocenters. The molecule has 1 N–H and O–H groups in total. The molecule has 15 heavy (non-hydrogen) atoms. The second-order valence-corrected chi connectivity index (χ2v) is 6.09. The highest BCUT2D eigenvalue weighted by atomic mass is 32.1. The van der Waals surface area contributed by atoms with Gasteiger partial charge in [-0.15, -0.1) is 0 Å². The predicted octanol–water partition coefficient (Wildman–Crippen LogP) is 2.39. The molecule has 0 spiro atoms. The smallest absolute Gasteiger partial charge is 0.220 e. The minimum absolute atomic E-state index is 0.231. The third-order valence-electron chi connectivity index (χ3n) is 4.10. The van der Waals surface area contributed by atoms with Gasteiger partial charge in [0.25, 0.3) is 0 Å². The molecular formula is C12H21NOS. The van der Waals surface area contributed by atoms with E-state index in [1.165, 1.54) is 32.1 Å². The van der Waals surface area contributed by atoms with Crippen LogP contribution >= 0.6 is 12.6 Å². The largest absolute Gasteiger partial charge is 0.356 e. The van der Waals surface area contributed by atoms with Crippen LogP contribution in [0.1, 0.15) is 45.4 Å². The van der Waals surface area contributed by atoms with Gasteiger partial charge in [0.1, 0.15) is 0 Å². The van der Waals surface area contributed by atoms with Crippen LogP contribution in [0.2, 0.25) is 0 Å². The summed E-state index contributed by atoms with van der Waals surface area (Å²) in [5, 5.41) is 3.08. The number of amides is 1. The van der Waals surface area contributed by atoms with Crippen LogP contribution in [-0.2, 0) is 4.79 Å². The van der Waals surface area contributed by atoms with Crippen molar-refractivity contribution in [3.8, 4) is 0 Å². The van der Waals surface area contributed by atoms with E-state index >= 15 is 0 Å². The normalized spacial score (nSPS) is 25.5. The second-order valence-electron chi connectivity index (χ2n) is 5.78. The van der Waals surface area contributed by atoms with Crippen LogP contribution in [0.15, 0.2) is 0 Å². The van der Waals surface area contributed by atoms with E-state index in [-0.39, 0.29) is 11.3 Å². The Labute approximate surface area is 97.6 Å². The number of carbonyl (C=O) groups is 1. The lowest BCUT2D eigenvalue weighted by Gasteiger charge is -2.38. The van der Waals surface area contributed by atoms with Crippen molar-refractivity contribution in [3.63, 3.8) is 0 Å². The van der Waals surface area contributed by atoms with Crippen LogP contribution in [0, 0.1) is 10.8 Å². The van der Waals surface area contributed by atoms with Crippen molar-refractivity contribution < 1.29 is 4.79 Å². The van der Waals surface area contributed by atoms with Crippen molar-refractivity contribution in [2.75, 3.05) is 12.3 Å². The van der Waals surface area contributed by atoms with Crippen molar-refractivity contribution in [3.05, 3.63) is 0 Å². The lowest BCUT2D eigenvalue weighted by atomic mass is 9.70. The van der Waals surface area contributed by atoms with Gasteiger partial charge >= 0.3 is 0 Å². The van der Waals surface area contributed by atoms with Crippen molar-refractivity contribution >= 4 is 18.5 Å². The first-order chi connectivity index (χ1) is 7.08. The molecule has 2 rings (SSSR count). The van der Waals surface area contributed by atoms with E-state index in [2.05, 4.69) is 24.9 Å². The average Bonchev–Trinajstić information content (AvgIpc) is 2.92. The molecule has 2 saturated carbocycles. The van der Waals surface area contributed by atoms with Crippen molar-refractivity contribution in [2.24, 2.45) is 10.8 Å². The highest BCUT2D eigenvalue weighted by molar-refractivity contribution is 7.80. The molecular weight excluding hydrogens is 206 g/mol. The van der Waals surface area contributed by atoms with E-state index in [1.54, 1.807) is 0 Å². The van der Waals surface area contributed by atoms with Gasteiger partial charge in [-0.05, 0) is 42.3 Å². The fraction of sp³-hybridized carbons (Fsp3) is 0.917. The lowest BCUT2D eigenvalue weighted by Crippen LogP contribution is -2.40. The Morgan fingerprint density at radius 2 is 2.00 bits per heavy atom. The van der Waals surface area contributed by atoms with Crippen LogP contribution in [0.4, 0.5) is 0 Å². The molecule has 2 nitrogen and oxygen atoms in total. The number of nitrogens with one attached hydrogen (secondary N) is 1. The van der Waals surface area contributed by atoms with Crippen molar-refractivity contribution in [1.29, 1.82) is 0 Å². The third kappa shape index (κ3) is 2.68. The zero-order chi connectivity index (χ0) is 10.9. The SMILES string of the molecule is CC1(CNC(=O)CC2(CS)CC2)CCC1. The molecule has 1 amide bonds. The molecule has 2 aliphatic carbocycles. The summed E-state index contributed by atoms with van der Waals surface area (Å²) in [7, 11) is 0. The maximum atomic E-state index is 11.7. The van der Waals surface area contributed by atoms with Gasteiger partial charge < -0.3 is 5.32 Å². The topological polar surface area (TPSA) is 29.1 Å². The van der Waals surface area contributed by atoms with E-state index in [1.807, 2.05) is 0 Å². The highest BCUT2D eigenvalue weighted by Crippen LogP contribution is 2.49. The molecule has 0 bridgehead atoms. The zero-order valence-electron chi connectivity index (χ0n) is 9.51. The molecule has 0 aromatic carbocycles. The standard InChI is InChI=1S/C12H21NOS/c1-11(3-2-4-11)8-13-10(14)7-12(9-15)5-6-12/h15H,2-9H2,1H3,(H,13,14). The van der Waals surface area contributed by atoms with Gasteiger partial charge in [-0.1, -0.05) is 13.3 Å². The summed E-state index contributed by atoms with van der Waals surface area (Å²) >= 11 is 4.31. The van der Waals surface area contributed by atoms with E-state index in [9.17, 15) is 4.79 Å². The Kier molecular flexibility index (Phi) is 3.02. The molecule has 0 heterocycles. The molecule has 3 heteroatoms. The van der Waals surface area contributed by atoms with Gasteiger partial charge in [-0.25, -0.2) is 0 Å². The predicted molar refractivity (Wildman–Crippen MR) is 65.1 cm³/mol. The van der Waals surface area contributed by atoms with E-state index in [0.29, 0.717) is 11.8 Å². The number of rotatable bonds is 5. The summed E-state index contributed by atoms with van der Waals surface area (Å²) in [6.07, 6.45) is 6.91. The summed E-state index contributed by atoms with van der Waals surface area (Å²) in [4.78, 5) is 11.7. The first-order valence-electron chi connectivity index (χ1n) is 5.95. The van der Waals surface area contributed by atoms with Crippen molar-refractivity contribution in [1.82, 2.24) is 5.32 Å². The average molecular weight is 227 g/mol. The van der Waals surface area contributed by atoms with Crippen LogP contribution in [0.25, 0.3) is 0 Å². The molecule has 86 valence electrons.